The first-order chi connectivity index (χ1) is 15.9. The Morgan fingerprint density at radius 3 is 2.55 bits per heavy atom. The van der Waals surface area contributed by atoms with Crippen LogP contribution in [0.3, 0.4) is 0 Å². The van der Waals surface area contributed by atoms with Crippen molar-refractivity contribution in [3.8, 4) is 16.2 Å². The van der Waals surface area contributed by atoms with E-state index < -0.39 is 24.1 Å². The van der Waals surface area contributed by atoms with E-state index in [1.165, 1.54) is 11.3 Å². The third kappa shape index (κ3) is 5.20. The van der Waals surface area contributed by atoms with Gasteiger partial charge in [-0.15, -0.1) is 11.3 Å². The minimum absolute atomic E-state index is 0.185. The highest BCUT2D eigenvalue weighted by Crippen LogP contribution is 2.40. The lowest BCUT2D eigenvalue weighted by Crippen LogP contribution is -2.41. The van der Waals surface area contributed by atoms with Gasteiger partial charge >= 0.3 is 0 Å². The van der Waals surface area contributed by atoms with E-state index in [4.69, 9.17) is 9.47 Å². The fourth-order valence-corrected chi connectivity index (χ4v) is 4.77. The Bertz CT molecular complexity index is 1160. The molecule has 0 radical (unpaired) electrons. The molecule has 0 aliphatic carbocycles. The van der Waals surface area contributed by atoms with E-state index in [1.807, 2.05) is 37.3 Å². The number of amides is 2. The van der Waals surface area contributed by atoms with E-state index in [-0.39, 0.29) is 11.7 Å². The van der Waals surface area contributed by atoms with Gasteiger partial charge in [0.05, 0.1) is 18.8 Å². The Hall–Kier alpha value is -3.30. The summed E-state index contributed by atoms with van der Waals surface area (Å²) in [7, 11) is 0. The molecule has 1 fully saturated rings. The van der Waals surface area contributed by atoms with E-state index in [0.717, 1.165) is 28.1 Å². The summed E-state index contributed by atoms with van der Waals surface area (Å²) in [6.07, 6.45) is 0. The maximum atomic E-state index is 13.8. The molecule has 1 N–H and O–H groups in total. The van der Waals surface area contributed by atoms with Crippen molar-refractivity contribution in [1.29, 1.82) is 0 Å². The minimum Gasteiger partial charge on any atom is -0.481 e. The largest absolute Gasteiger partial charge is 0.481 e. The first-order valence-corrected chi connectivity index (χ1v) is 11.2. The van der Waals surface area contributed by atoms with E-state index in [0.29, 0.717) is 42.9 Å². The quantitative estimate of drug-likeness (QED) is 0.574. The molecule has 6 nitrogen and oxygen atoms in total. The molecule has 33 heavy (non-hydrogen) atoms. The second-order valence-electron chi connectivity index (χ2n) is 7.44. The van der Waals surface area contributed by atoms with Gasteiger partial charge in [-0.05, 0) is 30.2 Å². The molecule has 3 aromatic rings. The van der Waals surface area contributed by atoms with E-state index in [1.54, 1.807) is 4.90 Å². The van der Waals surface area contributed by atoms with Gasteiger partial charge in [-0.2, -0.15) is 0 Å². The molecule has 0 atom stereocenters. The number of benzene rings is 2. The maximum Gasteiger partial charge on any atom is 0.262 e. The number of carbonyl (C=O) groups is 2. The van der Waals surface area contributed by atoms with E-state index in [2.05, 4.69) is 5.32 Å². The lowest BCUT2D eigenvalue weighted by molar-refractivity contribution is -0.118. The van der Waals surface area contributed by atoms with Gasteiger partial charge < -0.3 is 19.7 Å². The number of rotatable bonds is 6. The van der Waals surface area contributed by atoms with Crippen molar-refractivity contribution in [1.82, 2.24) is 4.90 Å². The smallest absolute Gasteiger partial charge is 0.262 e. The molecule has 172 valence electrons. The molecule has 0 spiro atoms. The van der Waals surface area contributed by atoms with Crippen LogP contribution in [0.4, 0.5) is 13.8 Å². The third-order valence-corrected chi connectivity index (χ3v) is 6.46. The van der Waals surface area contributed by atoms with Crippen molar-refractivity contribution in [2.45, 2.75) is 6.92 Å². The number of nitrogens with one attached hydrogen (secondary N) is 1. The zero-order valence-electron chi connectivity index (χ0n) is 17.9. The normalized spacial score (nSPS) is 13.6. The van der Waals surface area contributed by atoms with Crippen LogP contribution in [-0.4, -0.2) is 49.6 Å². The standard InChI is InChI=1S/C24H22F2N2O4S/c1-15-21(24(30)28-9-11-31-12-10-28)23(33-22(15)16-5-3-2-4-6-16)27-20(29)14-32-19-8-7-17(25)13-18(19)26/h2-8,13H,9-12,14H2,1H3,(H,27,29). The molecule has 0 unspecified atom stereocenters. The van der Waals surface area contributed by atoms with Crippen LogP contribution in [0.15, 0.2) is 48.5 Å². The molecule has 0 bridgehead atoms. The summed E-state index contributed by atoms with van der Waals surface area (Å²) >= 11 is 1.30. The SMILES string of the molecule is Cc1c(-c2ccccc2)sc(NC(=O)COc2ccc(F)cc2F)c1C(=O)N1CCOCC1. The Kier molecular flexibility index (Phi) is 7.00. The molecule has 2 aromatic carbocycles. The van der Waals surface area contributed by atoms with Crippen LogP contribution in [0.5, 0.6) is 5.75 Å². The summed E-state index contributed by atoms with van der Waals surface area (Å²) < 4.78 is 37.4. The first-order valence-electron chi connectivity index (χ1n) is 10.4. The van der Waals surface area contributed by atoms with E-state index in [9.17, 15) is 18.4 Å². The van der Waals surface area contributed by atoms with Gasteiger partial charge in [-0.25, -0.2) is 8.78 Å². The summed E-state index contributed by atoms with van der Waals surface area (Å²) in [6, 6.07) is 12.4. The van der Waals surface area contributed by atoms with Crippen molar-refractivity contribution in [3.05, 3.63) is 71.3 Å². The summed E-state index contributed by atoms with van der Waals surface area (Å²) in [5.41, 5.74) is 2.12. The van der Waals surface area contributed by atoms with Gasteiger partial charge in [-0.1, -0.05) is 30.3 Å². The Balaban J connectivity index is 1.58. The van der Waals surface area contributed by atoms with Crippen molar-refractivity contribution < 1.29 is 27.8 Å². The highest BCUT2D eigenvalue weighted by molar-refractivity contribution is 7.20. The minimum atomic E-state index is -0.899. The Morgan fingerprint density at radius 2 is 1.85 bits per heavy atom. The third-order valence-electron chi connectivity index (χ3n) is 5.20. The van der Waals surface area contributed by atoms with Crippen LogP contribution >= 0.6 is 11.3 Å². The number of ether oxygens (including phenoxy) is 2. The van der Waals surface area contributed by atoms with Crippen molar-refractivity contribution in [2.75, 3.05) is 38.2 Å². The van der Waals surface area contributed by atoms with Crippen LogP contribution in [0.1, 0.15) is 15.9 Å². The number of morpholine rings is 1. The number of carbonyl (C=O) groups excluding carboxylic acids is 2. The lowest BCUT2D eigenvalue weighted by Gasteiger charge is -2.27. The lowest BCUT2D eigenvalue weighted by atomic mass is 10.1. The monoisotopic (exact) mass is 472 g/mol. The zero-order chi connectivity index (χ0) is 23.4. The van der Waals surface area contributed by atoms with Crippen LogP contribution in [0, 0.1) is 18.6 Å². The molecule has 2 heterocycles. The molecular weight excluding hydrogens is 450 g/mol. The summed E-state index contributed by atoms with van der Waals surface area (Å²) in [5.74, 6) is -2.61. The number of hydrogen-bond donors (Lipinski definition) is 1. The number of thiophene rings is 1. The van der Waals surface area contributed by atoms with Gasteiger partial charge in [0.2, 0.25) is 0 Å². The van der Waals surface area contributed by atoms with Gasteiger partial charge in [0.1, 0.15) is 10.8 Å². The van der Waals surface area contributed by atoms with Crippen LogP contribution < -0.4 is 10.1 Å². The predicted octanol–water partition coefficient (Wildman–Crippen LogP) is 4.49. The number of nitrogens with zero attached hydrogens (tertiary/aromatic N) is 1. The van der Waals surface area contributed by atoms with Gasteiger partial charge in [-0.3, -0.25) is 9.59 Å². The Morgan fingerprint density at radius 1 is 1.12 bits per heavy atom. The fraction of sp³-hybridized carbons (Fsp3) is 0.250. The molecule has 1 aliphatic heterocycles. The summed E-state index contributed by atoms with van der Waals surface area (Å²) in [5, 5.41) is 3.14. The van der Waals surface area contributed by atoms with Crippen molar-refractivity contribution in [2.24, 2.45) is 0 Å². The first kappa shape index (κ1) is 22.9. The van der Waals surface area contributed by atoms with Crippen molar-refractivity contribution in [3.63, 3.8) is 0 Å². The molecule has 1 aromatic heterocycles. The molecule has 0 saturated carbocycles. The second-order valence-corrected chi connectivity index (χ2v) is 8.46. The Labute approximate surface area is 193 Å². The summed E-state index contributed by atoms with van der Waals surface area (Å²) in [4.78, 5) is 28.5. The predicted molar refractivity (Wildman–Crippen MR) is 122 cm³/mol. The highest BCUT2D eigenvalue weighted by Gasteiger charge is 2.28. The van der Waals surface area contributed by atoms with Crippen LogP contribution in [0.2, 0.25) is 0 Å². The molecule has 1 aliphatic rings. The zero-order valence-corrected chi connectivity index (χ0v) is 18.7. The van der Waals surface area contributed by atoms with E-state index >= 15 is 0 Å². The topological polar surface area (TPSA) is 67.9 Å². The highest BCUT2D eigenvalue weighted by atomic mass is 32.1. The van der Waals surface area contributed by atoms with Gasteiger partial charge in [0, 0.05) is 24.0 Å². The number of halogens is 2. The molecule has 9 heteroatoms. The average Bonchev–Trinajstić information content (AvgIpc) is 3.14. The van der Waals surface area contributed by atoms with Gasteiger partial charge in [0.15, 0.2) is 18.2 Å². The van der Waals surface area contributed by atoms with Crippen molar-refractivity contribution >= 4 is 28.2 Å². The second kappa shape index (κ2) is 10.1. The van der Waals surface area contributed by atoms with Gasteiger partial charge in [0.25, 0.3) is 11.8 Å². The summed E-state index contributed by atoms with van der Waals surface area (Å²) in [6.45, 7) is 3.21. The molecular formula is C24H22F2N2O4S. The number of hydrogen-bond acceptors (Lipinski definition) is 5. The average molecular weight is 473 g/mol. The maximum absolute atomic E-state index is 13.8. The molecule has 4 rings (SSSR count). The van der Waals surface area contributed by atoms with Crippen LogP contribution in [-0.2, 0) is 9.53 Å². The fourth-order valence-electron chi connectivity index (χ4n) is 3.55. The van der Waals surface area contributed by atoms with Crippen LogP contribution in [0.25, 0.3) is 10.4 Å². The molecule has 1 saturated heterocycles. The number of anilines is 1. The molecule has 2 amide bonds.